The molecule has 0 aliphatic carbocycles. The average Bonchev–Trinajstić information content (AvgIpc) is 2.36. The molecule has 0 saturated heterocycles. The van der Waals surface area contributed by atoms with Crippen molar-refractivity contribution in [1.29, 1.82) is 0 Å². The zero-order valence-corrected chi connectivity index (χ0v) is 12.9. The summed E-state index contributed by atoms with van der Waals surface area (Å²) in [6.07, 6.45) is 7.53. The summed E-state index contributed by atoms with van der Waals surface area (Å²) in [7, 11) is 0. The number of carbonyl (C=O) groups excluding carboxylic acids is 1. The molecular formula is C16H29NO. The van der Waals surface area contributed by atoms with Gasteiger partial charge in [-0.15, -0.1) is 6.58 Å². The van der Waals surface area contributed by atoms with Crippen molar-refractivity contribution in [3.63, 3.8) is 0 Å². The Labute approximate surface area is 113 Å². The fraction of sp³-hybridized carbons (Fsp3) is 0.500. The van der Waals surface area contributed by atoms with Crippen LogP contribution < -0.4 is 0 Å². The molecule has 0 amide bonds. The second-order valence-corrected chi connectivity index (χ2v) is 3.75. The van der Waals surface area contributed by atoms with E-state index < -0.39 is 0 Å². The summed E-state index contributed by atoms with van der Waals surface area (Å²) >= 11 is 0. The summed E-state index contributed by atoms with van der Waals surface area (Å²) in [5.41, 5.74) is 1.47. The summed E-state index contributed by atoms with van der Waals surface area (Å²) in [6.45, 7) is 18.4. The van der Waals surface area contributed by atoms with Crippen molar-refractivity contribution < 1.29 is 4.79 Å². The number of aliphatic imine (C=N–C) groups is 1. The quantitative estimate of drug-likeness (QED) is 0.387. The number of nitrogens with zero attached hydrogens (tertiary/aromatic N) is 1. The zero-order valence-electron chi connectivity index (χ0n) is 12.9. The van der Waals surface area contributed by atoms with E-state index in [1.165, 1.54) is 13.3 Å². The molecule has 0 heterocycles. The fourth-order valence-corrected chi connectivity index (χ4v) is 0.342. The molecule has 0 atom stereocenters. The van der Waals surface area contributed by atoms with E-state index in [1.54, 1.807) is 19.2 Å². The van der Waals surface area contributed by atoms with Gasteiger partial charge in [-0.25, -0.2) is 0 Å². The van der Waals surface area contributed by atoms with Crippen LogP contribution in [0.4, 0.5) is 0 Å². The lowest BCUT2D eigenvalue weighted by molar-refractivity contribution is -0.111. The van der Waals surface area contributed by atoms with Gasteiger partial charge in [0.2, 0.25) is 0 Å². The maximum absolute atomic E-state index is 10.7. The maximum atomic E-state index is 10.7. The van der Waals surface area contributed by atoms with Gasteiger partial charge in [0, 0.05) is 13.1 Å². The Hall–Kier alpha value is -1.44. The second kappa shape index (κ2) is 17.9. The lowest BCUT2D eigenvalue weighted by Gasteiger charge is -1.89. The SMILES string of the molecule is C=C/C(C)=C\N=C(C)C(C)=O.C=CCC.CCC. The standard InChI is InChI=1S/C9H13NO.C4H8.C3H8/c1-5-7(2)6-10-8(3)9(4)11;1-3-4-2;1-3-2/h5-6H,1H2,2-4H3;3H,1,4H2,2H3;3H2,1-2H3/b7-6-,10-8?;;. The van der Waals surface area contributed by atoms with E-state index in [1.807, 2.05) is 13.0 Å². The van der Waals surface area contributed by atoms with E-state index in [0.717, 1.165) is 12.0 Å². The van der Waals surface area contributed by atoms with Crippen molar-refractivity contribution in [3.05, 3.63) is 37.1 Å². The lowest BCUT2D eigenvalue weighted by Crippen LogP contribution is -2.02. The molecule has 2 nitrogen and oxygen atoms in total. The van der Waals surface area contributed by atoms with Crippen LogP contribution in [0, 0.1) is 0 Å². The van der Waals surface area contributed by atoms with Gasteiger partial charge in [0.25, 0.3) is 0 Å². The molecule has 0 bridgehead atoms. The summed E-state index contributed by atoms with van der Waals surface area (Å²) in [6, 6.07) is 0. The third kappa shape index (κ3) is 24.0. The van der Waals surface area contributed by atoms with Gasteiger partial charge in [-0.2, -0.15) is 0 Å². The first kappa shape index (κ1) is 21.8. The number of ketones is 1. The number of hydrogen-bond acceptors (Lipinski definition) is 2. The Balaban J connectivity index is -0.000000266. The van der Waals surface area contributed by atoms with Gasteiger partial charge in [0.05, 0.1) is 5.71 Å². The van der Waals surface area contributed by atoms with Gasteiger partial charge >= 0.3 is 0 Å². The van der Waals surface area contributed by atoms with Gasteiger partial charge in [-0.3, -0.25) is 9.79 Å². The first-order valence-electron chi connectivity index (χ1n) is 6.36. The maximum Gasteiger partial charge on any atom is 0.173 e. The monoisotopic (exact) mass is 251 g/mol. The van der Waals surface area contributed by atoms with Crippen LogP contribution in [-0.2, 0) is 4.79 Å². The third-order valence-electron chi connectivity index (χ3n) is 1.58. The van der Waals surface area contributed by atoms with Crippen LogP contribution in [0.5, 0.6) is 0 Å². The topological polar surface area (TPSA) is 29.4 Å². The van der Waals surface area contributed by atoms with Gasteiger partial charge in [0.1, 0.15) is 0 Å². The smallest absolute Gasteiger partial charge is 0.173 e. The highest BCUT2D eigenvalue weighted by Crippen LogP contribution is 1.93. The van der Waals surface area contributed by atoms with Crippen LogP contribution in [0.15, 0.2) is 42.1 Å². The normalized spacial score (nSPS) is 10.3. The summed E-state index contributed by atoms with van der Waals surface area (Å²) < 4.78 is 0. The number of carbonyl (C=O) groups is 1. The van der Waals surface area contributed by atoms with Gasteiger partial charge in [0.15, 0.2) is 5.78 Å². The molecule has 0 aromatic carbocycles. The average molecular weight is 251 g/mol. The van der Waals surface area contributed by atoms with E-state index in [4.69, 9.17) is 0 Å². The Morgan fingerprint density at radius 1 is 1.11 bits per heavy atom. The Bertz CT molecular complexity index is 285. The minimum absolute atomic E-state index is 0.00175. The van der Waals surface area contributed by atoms with Crippen LogP contribution in [0.2, 0.25) is 0 Å². The van der Waals surface area contributed by atoms with Crippen LogP contribution in [0.1, 0.15) is 54.4 Å². The summed E-state index contributed by atoms with van der Waals surface area (Å²) in [5.74, 6) is -0.00175. The van der Waals surface area contributed by atoms with Crippen molar-refractivity contribution in [3.8, 4) is 0 Å². The molecule has 104 valence electrons. The molecule has 0 saturated carbocycles. The van der Waals surface area contributed by atoms with E-state index in [9.17, 15) is 4.79 Å². The molecule has 0 rings (SSSR count). The van der Waals surface area contributed by atoms with E-state index >= 15 is 0 Å². The van der Waals surface area contributed by atoms with Gasteiger partial charge < -0.3 is 0 Å². The number of rotatable bonds is 4. The Kier molecular flexibility index (Phi) is 21.7. The lowest BCUT2D eigenvalue weighted by atomic mass is 10.3. The second-order valence-electron chi connectivity index (χ2n) is 3.75. The highest BCUT2D eigenvalue weighted by atomic mass is 16.1. The third-order valence-corrected chi connectivity index (χ3v) is 1.58. The Morgan fingerprint density at radius 3 is 1.72 bits per heavy atom. The van der Waals surface area contributed by atoms with E-state index in [0.29, 0.717) is 5.71 Å². The van der Waals surface area contributed by atoms with Crippen LogP contribution in [0.3, 0.4) is 0 Å². The molecule has 0 aromatic rings. The molecule has 18 heavy (non-hydrogen) atoms. The first-order chi connectivity index (χ1) is 8.40. The largest absolute Gasteiger partial charge is 0.293 e. The first-order valence-corrected chi connectivity index (χ1v) is 6.36. The predicted octanol–water partition coefficient (Wildman–Crippen LogP) is 5.12. The molecule has 2 heteroatoms. The van der Waals surface area contributed by atoms with Crippen LogP contribution in [-0.4, -0.2) is 11.5 Å². The minimum atomic E-state index is -0.00175. The molecule has 0 aromatic heterocycles. The molecule has 0 fully saturated rings. The van der Waals surface area contributed by atoms with Crippen LogP contribution >= 0.6 is 0 Å². The van der Waals surface area contributed by atoms with Crippen molar-refractivity contribution in [1.82, 2.24) is 0 Å². The minimum Gasteiger partial charge on any atom is -0.293 e. The molecular weight excluding hydrogens is 222 g/mol. The number of Topliss-reactive ketones (excluding diaryl/α,β-unsaturated/α-hetero) is 1. The zero-order chi connectivity index (χ0) is 15.0. The number of hydrogen-bond donors (Lipinski definition) is 0. The van der Waals surface area contributed by atoms with Crippen molar-refractivity contribution >= 4 is 11.5 Å². The number of allylic oxidation sites excluding steroid dienone is 3. The molecule has 0 aliphatic heterocycles. The molecule has 0 N–H and O–H groups in total. The van der Waals surface area contributed by atoms with Crippen molar-refractivity contribution in [2.45, 2.75) is 54.4 Å². The Morgan fingerprint density at radius 2 is 1.50 bits per heavy atom. The van der Waals surface area contributed by atoms with E-state index in [-0.39, 0.29) is 5.78 Å². The van der Waals surface area contributed by atoms with Crippen molar-refractivity contribution in [2.75, 3.05) is 0 Å². The molecule has 0 radical (unpaired) electrons. The summed E-state index contributed by atoms with van der Waals surface area (Å²) in [4.78, 5) is 14.6. The molecule has 0 unspecified atom stereocenters. The molecule has 0 spiro atoms. The van der Waals surface area contributed by atoms with Crippen LogP contribution in [0.25, 0.3) is 0 Å². The van der Waals surface area contributed by atoms with Gasteiger partial charge in [-0.1, -0.05) is 45.9 Å². The van der Waals surface area contributed by atoms with E-state index in [2.05, 4.69) is 38.9 Å². The predicted molar refractivity (Wildman–Crippen MR) is 84.2 cm³/mol. The molecule has 0 aliphatic rings. The summed E-state index contributed by atoms with van der Waals surface area (Å²) in [5, 5.41) is 0. The highest BCUT2D eigenvalue weighted by Gasteiger charge is 1.93. The van der Waals surface area contributed by atoms with Gasteiger partial charge in [-0.05, 0) is 25.8 Å². The highest BCUT2D eigenvalue weighted by molar-refractivity contribution is 6.38. The van der Waals surface area contributed by atoms with Crippen molar-refractivity contribution in [2.24, 2.45) is 4.99 Å². The fourth-order valence-electron chi connectivity index (χ4n) is 0.342.